The number of quaternary nitrogens is 1. The lowest BCUT2D eigenvalue weighted by atomic mass is 11.0. The minimum Gasteiger partial charge on any atom is -1.00 e. The highest BCUT2D eigenvalue weighted by molar-refractivity contribution is 4.66. The van der Waals surface area contributed by atoms with Crippen LogP contribution in [0.15, 0.2) is 22.7 Å². The summed E-state index contributed by atoms with van der Waals surface area (Å²) in [5, 5.41) is 7.37. The fourth-order valence-corrected chi connectivity index (χ4v) is 0.243. The van der Waals surface area contributed by atoms with Crippen LogP contribution in [-0.2, 0) is 0 Å². The third-order valence-electron chi connectivity index (χ3n) is 0.485. The zero-order valence-electron chi connectivity index (χ0n) is 3.50. The standard InChI is InChI=1S/C2H4N4.HI/c3-6-2-1-4-5-6;/h1-2H,3H2;1H. The first-order valence-corrected chi connectivity index (χ1v) is 1.59. The van der Waals surface area contributed by atoms with Crippen molar-refractivity contribution in [2.24, 2.45) is 16.2 Å². The third-order valence-corrected chi connectivity index (χ3v) is 0.485. The largest absolute Gasteiger partial charge is 1.00 e. The molecule has 0 bridgehead atoms. The zero-order valence-corrected chi connectivity index (χ0v) is 5.66. The molecule has 1 atom stereocenters. The predicted molar refractivity (Wildman–Crippen MR) is 19.1 cm³/mol. The Labute approximate surface area is 58.0 Å². The van der Waals surface area contributed by atoms with Gasteiger partial charge in [-0.2, -0.15) is 0 Å². The molecule has 4 nitrogen and oxygen atoms in total. The Morgan fingerprint density at radius 3 is 2.43 bits per heavy atom. The molecule has 40 valence electrons. The maximum atomic E-state index is 5.10. The first-order chi connectivity index (χ1) is 2.89. The molecule has 0 amide bonds. The van der Waals surface area contributed by atoms with Crippen molar-refractivity contribution in [2.75, 3.05) is 0 Å². The van der Waals surface area contributed by atoms with Crippen LogP contribution in [0.5, 0.6) is 0 Å². The topological polar surface area (TPSA) is 55.2 Å². The molecule has 0 aliphatic carbocycles. The van der Waals surface area contributed by atoms with E-state index in [-0.39, 0.29) is 24.0 Å². The van der Waals surface area contributed by atoms with E-state index >= 15 is 0 Å². The number of hydrogen-bond acceptors (Lipinski definition) is 3. The number of nitrogens with two attached hydrogens (primary N) is 1. The summed E-state index contributed by atoms with van der Waals surface area (Å²) in [7, 11) is 0. The van der Waals surface area contributed by atoms with E-state index < -0.39 is 0 Å². The smallest absolute Gasteiger partial charge is 0.162 e. The van der Waals surface area contributed by atoms with Crippen LogP contribution in [-0.4, -0.2) is 0 Å². The van der Waals surface area contributed by atoms with Crippen LogP contribution in [0.1, 0.15) is 0 Å². The van der Waals surface area contributed by atoms with Gasteiger partial charge in [0.1, 0.15) is 6.20 Å². The molecule has 7 heavy (non-hydrogen) atoms. The molecule has 0 saturated heterocycles. The second-order valence-corrected chi connectivity index (χ2v) is 0.956. The van der Waals surface area contributed by atoms with Gasteiger partial charge in [-0.3, -0.25) is 0 Å². The van der Waals surface area contributed by atoms with Crippen molar-refractivity contribution < 1.29 is 29.1 Å². The Hall–Kier alpha value is -0.0100. The molecule has 0 spiro atoms. The average molecular weight is 212 g/mol. The van der Waals surface area contributed by atoms with Gasteiger partial charge in [0.25, 0.3) is 0 Å². The van der Waals surface area contributed by atoms with E-state index in [0.29, 0.717) is 5.12 Å². The molecule has 1 aliphatic rings. The third kappa shape index (κ3) is 1.95. The van der Waals surface area contributed by atoms with E-state index in [9.17, 15) is 0 Å². The molecule has 1 unspecified atom stereocenters. The Balaban J connectivity index is 0.000000360. The minimum absolute atomic E-state index is 0. The van der Waals surface area contributed by atoms with E-state index in [0.717, 1.165) is 0 Å². The second-order valence-electron chi connectivity index (χ2n) is 0.956. The Morgan fingerprint density at radius 2 is 2.29 bits per heavy atom. The molecule has 1 heterocycles. The van der Waals surface area contributed by atoms with Crippen LogP contribution in [0, 0.1) is 0 Å². The molecule has 3 N–H and O–H groups in total. The number of nitrogens with zero attached hydrogens (tertiary/aromatic N) is 2. The number of nitrogens with one attached hydrogen (secondary N) is 1. The highest BCUT2D eigenvalue weighted by Crippen LogP contribution is 1.71. The molecule has 5 heteroatoms. The lowest BCUT2D eigenvalue weighted by Gasteiger charge is -1.83. The molecular weight excluding hydrogens is 207 g/mol. The summed E-state index contributed by atoms with van der Waals surface area (Å²) in [6.07, 6.45) is 3.19. The van der Waals surface area contributed by atoms with Crippen LogP contribution in [0.3, 0.4) is 0 Å². The van der Waals surface area contributed by atoms with Crippen molar-refractivity contribution in [1.29, 1.82) is 0 Å². The van der Waals surface area contributed by atoms with Crippen molar-refractivity contribution in [3.63, 3.8) is 0 Å². The van der Waals surface area contributed by atoms with Crippen LogP contribution in [0.4, 0.5) is 0 Å². The van der Waals surface area contributed by atoms with Gasteiger partial charge in [-0.15, -0.1) is 11.0 Å². The summed E-state index contributed by atoms with van der Waals surface area (Å²) in [5.74, 6) is 5.10. The fraction of sp³-hybridized carbons (Fsp3) is 0. The summed E-state index contributed by atoms with van der Waals surface area (Å²) in [6.45, 7) is 0. The Bertz CT molecular complexity index is 85.9. The van der Waals surface area contributed by atoms with Gasteiger partial charge in [-0.25, -0.2) is 0 Å². The summed E-state index contributed by atoms with van der Waals surface area (Å²) in [4.78, 5) is 0. The number of halogens is 1. The first kappa shape index (κ1) is 6.99. The van der Waals surface area contributed by atoms with Gasteiger partial charge in [-0.1, -0.05) is 5.12 Å². The van der Waals surface area contributed by atoms with Gasteiger partial charge in [0, 0.05) is 0 Å². The molecule has 0 aromatic carbocycles. The summed E-state index contributed by atoms with van der Waals surface area (Å²) in [5.41, 5.74) is 0. The van der Waals surface area contributed by atoms with Gasteiger partial charge in [-0.05, 0) is 0 Å². The van der Waals surface area contributed by atoms with Gasteiger partial charge in [0.2, 0.25) is 0 Å². The number of rotatable bonds is 0. The summed E-state index contributed by atoms with van der Waals surface area (Å²) < 4.78 is 0. The van der Waals surface area contributed by atoms with Gasteiger partial charge in [0.15, 0.2) is 6.20 Å². The van der Waals surface area contributed by atoms with E-state index in [1.807, 2.05) is 0 Å². The lowest BCUT2D eigenvalue weighted by Crippen LogP contribution is -3.08. The summed E-state index contributed by atoms with van der Waals surface area (Å²) >= 11 is 0. The van der Waals surface area contributed by atoms with E-state index in [2.05, 4.69) is 10.3 Å². The van der Waals surface area contributed by atoms with Crippen molar-refractivity contribution in [1.82, 2.24) is 0 Å². The van der Waals surface area contributed by atoms with Gasteiger partial charge in [0.05, 0.1) is 5.22 Å². The van der Waals surface area contributed by atoms with Crippen molar-refractivity contribution in [2.45, 2.75) is 0 Å². The van der Waals surface area contributed by atoms with Crippen molar-refractivity contribution in [3.05, 3.63) is 12.4 Å². The zero-order chi connectivity index (χ0) is 4.41. The monoisotopic (exact) mass is 212 g/mol. The molecule has 0 aromatic heterocycles. The van der Waals surface area contributed by atoms with Crippen molar-refractivity contribution in [3.8, 4) is 0 Å². The lowest BCUT2D eigenvalue weighted by molar-refractivity contribution is -0.868. The fourth-order valence-electron chi connectivity index (χ4n) is 0.243. The maximum absolute atomic E-state index is 5.10. The minimum atomic E-state index is 0. The highest BCUT2D eigenvalue weighted by Gasteiger charge is 1.94. The van der Waals surface area contributed by atoms with E-state index in [1.54, 1.807) is 12.4 Å². The van der Waals surface area contributed by atoms with E-state index in [1.165, 1.54) is 0 Å². The average Bonchev–Trinajstić information content (AvgIpc) is 1.86. The first-order valence-electron chi connectivity index (χ1n) is 1.59. The molecular formula is C2H5IN4. The molecule has 1 rings (SSSR count). The second kappa shape index (κ2) is 3.05. The predicted octanol–water partition coefficient (Wildman–Crippen LogP) is -4.40. The molecule has 0 aromatic rings. The maximum Gasteiger partial charge on any atom is 0.162 e. The molecule has 1 aliphatic heterocycles. The molecule has 0 saturated carbocycles. The van der Waals surface area contributed by atoms with Gasteiger partial charge >= 0.3 is 0 Å². The van der Waals surface area contributed by atoms with Gasteiger partial charge < -0.3 is 24.0 Å². The van der Waals surface area contributed by atoms with Crippen LogP contribution < -0.4 is 34.9 Å². The van der Waals surface area contributed by atoms with Crippen LogP contribution in [0.2, 0.25) is 0 Å². The van der Waals surface area contributed by atoms with Crippen LogP contribution in [0.25, 0.3) is 0 Å². The molecule has 0 radical (unpaired) electrons. The Kier molecular flexibility index (Phi) is 3.05. The van der Waals surface area contributed by atoms with Crippen molar-refractivity contribution >= 4 is 0 Å². The Morgan fingerprint density at radius 1 is 1.57 bits per heavy atom. The highest BCUT2D eigenvalue weighted by atomic mass is 127. The normalized spacial score (nSPS) is 25.0. The van der Waals surface area contributed by atoms with E-state index in [4.69, 9.17) is 5.84 Å². The summed E-state index contributed by atoms with van der Waals surface area (Å²) in [6, 6.07) is 0. The number of hydrogen-bond donors (Lipinski definition) is 2. The van der Waals surface area contributed by atoms with Crippen LogP contribution >= 0.6 is 0 Å². The molecule has 0 fully saturated rings. The SMILES string of the molecule is N[NH+]1C=CN=N1.[I-]. The quantitative estimate of drug-likeness (QED) is 0.309.